The van der Waals surface area contributed by atoms with Gasteiger partial charge in [-0.3, -0.25) is 0 Å². The molecule has 1 aromatic carbocycles. The van der Waals surface area contributed by atoms with Gasteiger partial charge in [-0.05, 0) is 31.1 Å². The molecule has 1 rings (SSSR count). The van der Waals surface area contributed by atoms with Gasteiger partial charge in [-0.25, -0.2) is 0 Å². The fraction of sp³-hybridized carbons (Fsp3) is 0.273. The van der Waals surface area contributed by atoms with Gasteiger partial charge < -0.3 is 9.84 Å². The first-order valence-electron chi connectivity index (χ1n) is 4.09. The fourth-order valence-electron chi connectivity index (χ4n) is 1.24. The lowest BCUT2D eigenvalue weighted by molar-refractivity contribution is 0.404. The lowest BCUT2D eigenvalue weighted by Gasteiger charge is -2.09. The average Bonchev–Trinajstić information content (AvgIpc) is 2.07. The average molecular weight is 178 g/mol. The number of ether oxygens (including phenoxy) is 1. The number of hydrogen-bond acceptors (Lipinski definition) is 2. The molecule has 2 nitrogen and oxygen atoms in total. The summed E-state index contributed by atoms with van der Waals surface area (Å²) in [7, 11) is 1.59. The Morgan fingerprint density at radius 3 is 2.54 bits per heavy atom. The van der Waals surface area contributed by atoms with Crippen molar-refractivity contribution in [1.29, 1.82) is 0 Å². The number of phenolic OH excluding ortho intramolecular Hbond substituents is 1. The summed E-state index contributed by atoms with van der Waals surface area (Å²) in [6, 6.07) is 3.48. The van der Waals surface area contributed by atoms with E-state index in [-0.39, 0.29) is 5.75 Å². The normalized spacial score (nSPS) is 9.77. The first kappa shape index (κ1) is 9.65. The summed E-state index contributed by atoms with van der Waals surface area (Å²) in [5, 5.41) is 9.58. The zero-order valence-electron chi connectivity index (χ0n) is 8.22. The molecule has 0 spiro atoms. The Kier molecular flexibility index (Phi) is 2.61. The summed E-state index contributed by atoms with van der Waals surface area (Å²) in [6.45, 7) is 7.58. The monoisotopic (exact) mass is 178 g/mol. The number of hydrogen-bond donors (Lipinski definition) is 1. The van der Waals surface area contributed by atoms with Gasteiger partial charge in [0.1, 0.15) is 11.5 Å². The van der Waals surface area contributed by atoms with Crippen LogP contribution >= 0.6 is 0 Å². The predicted octanol–water partition coefficient (Wildman–Crippen LogP) is 2.74. The van der Waals surface area contributed by atoms with Crippen LogP contribution in [0.25, 0.3) is 5.57 Å². The van der Waals surface area contributed by atoms with E-state index < -0.39 is 0 Å². The van der Waals surface area contributed by atoms with Gasteiger partial charge in [0.05, 0.1) is 7.11 Å². The number of rotatable bonds is 2. The molecular formula is C11H14O2. The molecule has 0 bridgehead atoms. The zero-order chi connectivity index (χ0) is 10.0. The summed E-state index contributed by atoms with van der Waals surface area (Å²) in [4.78, 5) is 0. The molecule has 0 atom stereocenters. The van der Waals surface area contributed by atoms with Crippen LogP contribution in [0.4, 0.5) is 0 Å². The molecule has 0 aliphatic rings. The number of aromatic hydroxyl groups is 1. The van der Waals surface area contributed by atoms with Crippen LogP contribution in [0.2, 0.25) is 0 Å². The third-order valence-electron chi connectivity index (χ3n) is 1.97. The molecule has 0 amide bonds. The SMILES string of the molecule is C=C(C)c1cc(C)c(OC)cc1O. The maximum absolute atomic E-state index is 9.58. The largest absolute Gasteiger partial charge is 0.507 e. The minimum atomic E-state index is 0.218. The summed E-state index contributed by atoms with van der Waals surface area (Å²) in [5.74, 6) is 0.914. The Labute approximate surface area is 78.5 Å². The van der Waals surface area contributed by atoms with Gasteiger partial charge >= 0.3 is 0 Å². The van der Waals surface area contributed by atoms with Gasteiger partial charge in [0.15, 0.2) is 0 Å². The minimum Gasteiger partial charge on any atom is -0.507 e. The molecule has 0 aliphatic carbocycles. The van der Waals surface area contributed by atoms with Gasteiger partial charge in [0, 0.05) is 11.6 Å². The Hall–Kier alpha value is -1.44. The molecule has 13 heavy (non-hydrogen) atoms. The summed E-state index contributed by atoms with van der Waals surface area (Å²) < 4.78 is 5.07. The van der Waals surface area contributed by atoms with Gasteiger partial charge in [-0.1, -0.05) is 6.58 Å². The second-order valence-electron chi connectivity index (χ2n) is 3.12. The third kappa shape index (κ3) is 1.83. The highest BCUT2D eigenvalue weighted by atomic mass is 16.5. The van der Waals surface area contributed by atoms with Gasteiger partial charge in [0.2, 0.25) is 0 Å². The molecule has 70 valence electrons. The number of aryl methyl sites for hydroxylation is 1. The number of allylic oxidation sites excluding steroid dienone is 1. The van der Waals surface area contributed by atoms with E-state index in [4.69, 9.17) is 4.74 Å². The van der Waals surface area contributed by atoms with E-state index in [1.807, 2.05) is 19.9 Å². The number of methoxy groups -OCH3 is 1. The van der Waals surface area contributed by atoms with Crippen molar-refractivity contribution in [3.8, 4) is 11.5 Å². The van der Waals surface area contributed by atoms with E-state index in [1.54, 1.807) is 13.2 Å². The van der Waals surface area contributed by atoms with Crippen molar-refractivity contribution in [3.05, 3.63) is 29.8 Å². The van der Waals surface area contributed by atoms with Crippen molar-refractivity contribution in [2.75, 3.05) is 7.11 Å². The smallest absolute Gasteiger partial charge is 0.126 e. The third-order valence-corrected chi connectivity index (χ3v) is 1.97. The maximum Gasteiger partial charge on any atom is 0.126 e. The standard InChI is InChI=1S/C11H14O2/c1-7(2)9-5-8(3)11(13-4)6-10(9)12/h5-6,12H,1H2,2-4H3. The highest BCUT2D eigenvalue weighted by Crippen LogP contribution is 2.31. The lowest BCUT2D eigenvalue weighted by Crippen LogP contribution is -1.89. The first-order valence-corrected chi connectivity index (χ1v) is 4.09. The van der Waals surface area contributed by atoms with Crippen molar-refractivity contribution >= 4 is 5.57 Å². The van der Waals surface area contributed by atoms with Crippen molar-refractivity contribution in [1.82, 2.24) is 0 Å². The molecule has 0 saturated heterocycles. The highest BCUT2D eigenvalue weighted by molar-refractivity contribution is 5.69. The molecule has 0 fully saturated rings. The van der Waals surface area contributed by atoms with Gasteiger partial charge in [0.25, 0.3) is 0 Å². The van der Waals surface area contributed by atoms with Crippen LogP contribution in [-0.4, -0.2) is 12.2 Å². The van der Waals surface area contributed by atoms with Gasteiger partial charge in [-0.2, -0.15) is 0 Å². The molecule has 1 aromatic rings. The summed E-state index contributed by atoms with van der Waals surface area (Å²) in [6.07, 6.45) is 0. The first-order chi connectivity index (χ1) is 6.06. The van der Waals surface area contributed by atoms with Crippen LogP contribution in [0.5, 0.6) is 11.5 Å². The molecule has 0 unspecified atom stereocenters. The summed E-state index contributed by atoms with van der Waals surface area (Å²) >= 11 is 0. The number of phenols is 1. The zero-order valence-corrected chi connectivity index (χ0v) is 8.22. The molecule has 0 heterocycles. The lowest BCUT2D eigenvalue weighted by atomic mass is 10.0. The Morgan fingerprint density at radius 1 is 1.46 bits per heavy atom. The van der Waals surface area contributed by atoms with Crippen molar-refractivity contribution in [3.63, 3.8) is 0 Å². The van der Waals surface area contributed by atoms with E-state index in [9.17, 15) is 5.11 Å². The molecular weight excluding hydrogens is 164 g/mol. The van der Waals surface area contributed by atoms with Crippen LogP contribution in [0.3, 0.4) is 0 Å². The summed E-state index contributed by atoms with van der Waals surface area (Å²) in [5.41, 5.74) is 2.62. The molecule has 0 aromatic heterocycles. The maximum atomic E-state index is 9.58. The van der Waals surface area contributed by atoms with Crippen LogP contribution in [-0.2, 0) is 0 Å². The van der Waals surface area contributed by atoms with Crippen molar-refractivity contribution in [2.24, 2.45) is 0 Å². The Bertz CT molecular complexity index is 340. The van der Waals surface area contributed by atoms with E-state index in [2.05, 4.69) is 6.58 Å². The Morgan fingerprint density at radius 2 is 2.08 bits per heavy atom. The second-order valence-corrected chi connectivity index (χ2v) is 3.12. The van der Waals surface area contributed by atoms with Crippen LogP contribution < -0.4 is 4.74 Å². The van der Waals surface area contributed by atoms with E-state index >= 15 is 0 Å². The van der Waals surface area contributed by atoms with Crippen LogP contribution in [0.15, 0.2) is 18.7 Å². The topological polar surface area (TPSA) is 29.5 Å². The second kappa shape index (κ2) is 3.52. The molecule has 2 heteroatoms. The highest BCUT2D eigenvalue weighted by Gasteiger charge is 2.06. The quantitative estimate of drug-likeness (QED) is 0.754. The van der Waals surface area contributed by atoms with Crippen LogP contribution in [0, 0.1) is 6.92 Å². The molecule has 0 saturated carbocycles. The minimum absolute atomic E-state index is 0.218. The molecule has 0 radical (unpaired) electrons. The van der Waals surface area contributed by atoms with Crippen LogP contribution in [0.1, 0.15) is 18.1 Å². The molecule has 1 N–H and O–H groups in total. The van der Waals surface area contributed by atoms with Crippen molar-refractivity contribution < 1.29 is 9.84 Å². The predicted molar refractivity (Wildman–Crippen MR) is 54.1 cm³/mol. The van der Waals surface area contributed by atoms with E-state index in [1.165, 1.54) is 0 Å². The van der Waals surface area contributed by atoms with E-state index in [0.717, 1.165) is 16.7 Å². The van der Waals surface area contributed by atoms with E-state index in [0.29, 0.717) is 5.75 Å². The Balaban J connectivity index is 3.28. The van der Waals surface area contributed by atoms with Gasteiger partial charge in [-0.15, -0.1) is 0 Å². The molecule has 0 aliphatic heterocycles. The fourth-order valence-corrected chi connectivity index (χ4v) is 1.24. The van der Waals surface area contributed by atoms with Crippen molar-refractivity contribution in [2.45, 2.75) is 13.8 Å². The number of benzene rings is 1.